The highest BCUT2D eigenvalue weighted by molar-refractivity contribution is 8.00. The second-order valence-corrected chi connectivity index (χ2v) is 7.88. The summed E-state index contributed by atoms with van der Waals surface area (Å²) in [5, 5.41) is 4.33. The summed E-state index contributed by atoms with van der Waals surface area (Å²) in [7, 11) is 0. The van der Waals surface area contributed by atoms with Gasteiger partial charge in [0.15, 0.2) is 0 Å². The summed E-state index contributed by atoms with van der Waals surface area (Å²) >= 11 is 1.97. The maximum absolute atomic E-state index is 11.2. The Bertz CT molecular complexity index is 552. The minimum atomic E-state index is -0.259. The van der Waals surface area contributed by atoms with E-state index >= 15 is 0 Å². The molecule has 1 heterocycles. The number of thioether (sulfide) groups is 1. The lowest BCUT2D eigenvalue weighted by Crippen LogP contribution is -2.63. The molecule has 0 aromatic carbocycles. The summed E-state index contributed by atoms with van der Waals surface area (Å²) in [6.07, 6.45) is 9.96. The van der Waals surface area contributed by atoms with Crippen LogP contribution in [-0.4, -0.2) is 31.8 Å². The van der Waals surface area contributed by atoms with E-state index in [0.717, 1.165) is 0 Å². The molecule has 0 saturated heterocycles. The van der Waals surface area contributed by atoms with E-state index in [4.69, 9.17) is 5.73 Å². The zero-order valence-corrected chi connectivity index (χ0v) is 12.4. The predicted octanol–water partition coefficient (Wildman–Crippen LogP) is 1.06. The number of nitrogens with two attached hydrogens (primary N) is 1. The van der Waals surface area contributed by atoms with Crippen molar-refractivity contribution in [1.29, 1.82) is 0 Å². The van der Waals surface area contributed by atoms with Crippen molar-refractivity contribution in [2.24, 2.45) is 23.5 Å². The van der Waals surface area contributed by atoms with E-state index < -0.39 is 0 Å². The Hall–Kier alpha value is -0.880. The Morgan fingerprint density at radius 1 is 1.35 bits per heavy atom. The van der Waals surface area contributed by atoms with Gasteiger partial charge in [-0.25, -0.2) is 4.68 Å². The minimum Gasteiger partial charge on any atom is -0.327 e. The van der Waals surface area contributed by atoms with Crippen molar-refractivity contribution in [3.8, 4) is 0 Å². The Morgan fingerprint density at radius 2 is 2.05 bits per heavy atom. The van der Waals surface area contributed by atoms with Gasteiger partial charge in [-0.1, -0.05) is 0 Å². The minimum absolute atomic E-state index is 0.232. The third-order valence-corrected chi connectivity index (χ3v) is 7.18. The molecule has 20 heavy (non-hydrogen) atoms. The molecule has 4 bridgehead atoms. The van der Waals surface area contributed by atoms with Gasteiger partial charge in [-0.15, -0.1) is 0 Å². The molecule has 5 nitrogen and oxygen atoms in total. The van der Waals surface area contributed by atoms with Crippen LogP contribution in [0.1, 0.15) is 31.7 Å². The van der Waals surface area contributed by atoms with Crippen LogP contribution in [0.5, 0.6) is 0 Å². The summed E-state index contributed by atoms with van der Waals surface area (Å²) < 4.78 is 2.18. The molecule has 5 rings (SSSR count). The molecule has 4 aliphatic rings. The van der Waals surface area contributed by atoms with E-state index in [-0.39, 0.29) is 10.3 Å². The van der Waals surface area contributed by atoms with E-state index in [1.165, 1.54) is 31.9 Å². The van der Waals surface area contributed by atoms with Crippen LogP contribution in [0.25, 0.3) is 0 Å². The van der Waals surface area contributed by atoms with Gasteiger partial charge in [-0.3, -0.25) is 4.79 Å². The smallest absolute Gasteiger partial charge is 0.291 e. The molecule has 2 N–H and O–H groups in total. The summed E-state index contributed by atoms with van der Waals surface area (Å²) in [4.78, 5) is 15.1. The quantitative estimate of drug-likeness (QED) is 0.882. The van der Waals surface area contributed by atoms with E-state index in [0.29, 0.717) is 29.8 Å². The summed E-state index contributed by atoms with van der Waals surface area (Å²) in [5.41, 5.74) is 6.14. The van der Waals surface area contributed by atoms with Gasteiger partial charge in [0.05, 0.1) is 6.04 Å². The van der Waals surface area contributed by atoms with Crippen molar-refractivity contribution in [1.82, 2.24) is 14.8 Å². The van der Waals surface area contributed by atoms with Gasteiger partial charge in [0.1, 0.15) is 12.5 Å². The molecule has 0 aliphatic heterocycles. The van der Waals surface area contributed by atoms with Gasteiger partial charge in [0.2, 0.25) is 0 Å². The highest BCUT2D eigenvalue weighted by Crippen LogP contribution is 2.63. The fourth-order valence-corrected chi connectivity index (χ4v) is 6.40. The van der Waals surface area contributed by atoms with Crippen LogP contribution >= 0.6 is 11.8 Å². The Morgan fingerprint density at radius 3 is 2.60 bits per heavy atom. The fourth-order valence-electron chi connectivity index (χ4n) is 5.10. The Labute approximate surface area is 122 Å². The average Bonchev–Trinajstić information content (AvgIpc) is 2.44. The van der Waals surface area contributed by atoms with Crippen LogP contribution < -0.4 is 11.3 Å². The Balaban J connectivity index is 1.76. The number of rotatable bonds is 2. The molecule has 3 unspecified atom stereocenters. The molecular formula is C14H20N4OS. The highest BCUT2D eigenvalue weighted by Gasteiger charge is 2.60. The molecular weight excluding hydrogens is 272 g/mol. The van der Waals surface area contributed by atoms with Gasteiger partial charge >= 0.3 is 0 Å². The van der Waals surface area contributed by atoms with Gasteiger partial charge in [-0.05, 0) is 49.7 Å². The van der Waals surface area contributed by atoms with Crippen LogP contribution in [0.15, 0.2) is 17.3 Å². The maximum atomic E-state index is 11.2. The summed E-state index contributed by atoms with van der Waals surface area (Å²) in [6, 6.07) is 0.762. The summed E-state index contributed by atoms with van der Waals surface area (Å²) in [5.74, 6) is 1.98. The van der Waals surface area contributed by atoms with Crippen molar-refractivity contribution in [2.45, 2.75) is 42.5 Å². The van der Waals surface area contributed by atoms with Gasteiger partial charge in [0, 0.05) is 10.8 Å². The molecule has 1 aromatic rings. The zero-order valence-electron chi connectivity index (χ0n) is 11.6. The second-order valence-electron chi connectivity index (χ2n) is 6.66. The maximum Gasteiger partial charge on any atom is 0.291 e. The van der Waals surface area contributed by atoms with Crippen LogP contribution in [0.4, 0.5) is 0 Å². The van der Waals surface area contributed by atoms with Crippen LogP contribution in [0.3, 0.4) is 0 Å². The normalized spacial score (nSPS) is 45.8. The standard InChI is InChI=1S/C14H20N4OS/c1-20-14-4-9-2-8(3-10(5-14)12(9)15)13(14)18-7-16-11(19)6-17-18/h6-10,12-13H,2-5,15H2,1H3. The van der Waals surface area contributed by atoms with Crippen LogP contribution in [-0.2, 0) is 0 Å². The molecule has 4 aliphatic carbocycles. The molecule has 0 radical (unpaired) electrons. The highest BCUT2D eigenvalue weighted by atomic mass is 32.2. The SMILES string of the molecule is CSC12CC3CC(CC(C1)C3N)C2n1cnc(=O)cn1. The first-order valence-electron chi connectivity index (χ1n) is 7.34. The monoisotopic (exact) mass is 292 g/mol. The van der Waals surface area contributed by atoms with Gasteiger partial charge < -0.3 is 5.73 Å². The first kappa shape index (κ1) is 12.8. The van der Waals surface area contributed by atoms with E-state index in [1.807, 2.05) is 16.4 Å². The van der Waals surface area contributed by atoms with Gasteiger partial charge in [-0.2, -0.15) is 21.8 Å². The first-order valence-corrected chi connectivity index (χ1v) is 8.56. The zero-order chi connectivity index (χ0) is 13.9. The number of aromatic nitrogens is 3. The van der Waals surface area contributed by atoms with Crippen LogP contribution in [0, 0.1) is 17.8 Å². The van der Waals surface area contributed by atoms with Crippen molar-refractivity contribution >= 4 is 11.8 Å². The number of hydrogen-bond donors (Lipinski definition) is 1. The van der Waals surface area contributed by atoms with E-state index in [9.17, 15) is 4.79 Å². The number of hydrogen-bond acceptors (Lipinski definition) is 5. The molecule has 4 fully saturated rings. The summed E-state index contributed by atoms with van der Waals surface area (Å²) in [6.45, 7) is 0. The van der Waals surface area contributed by atoms with Crippen LogP contribution in [0.2, 0.25) is 0 Å². The lowest BCUT2D eigenvalue weighted by molar-refractivity contribution is -0.0305. The topological polar surface area (TPSA) is 73.8 Å². The van der Waals surface area contributed by atoms with E-state index in [1.54, 1.807) is 6.33 Å². The molecule has 108 valence electrons. The third-order valence-electron chi connectivity index (χ3n) is 5.80. The molecule has 0 spiro atoms. The predicted molar refractivity (Wildman–Crippen MR) is 78.5 cm³/mol. The van der Waals surface area contributed by atoms with E-state index in [2.05, 4.69) is 16.3 Å². The van der Waals surface area contributed by atoms with Crippen molar-refractivity contribution < 1.29 is 0 Å². The average molecular weight is 292 g/mol. The van der Waals surface area contributed by atoms with Gasteiger partial charge in [0.25, 0.3) is 5.56 Å². The number of nitrogens with zero attached hydrogens (tertiary/aromatic N) is 3. The molecule has 0 amide bonds. The van der Waals surface area contributed by atoms with Crippen molar-refractivity contribution in [3.63, 3.8) is 0 Å². The Kier molecular flexibility index (Phi) is 2.76. The van der Waals surface area contributed by atoms with Crippen molar-refractivity contribution in [3.05, 3.63) is 22.9 Å². The largest absolute Gasteiger partial charge is 0.327 e. The third kappa shape index (κ3) is 1.64. The second kappa shape index (κ2) is 4.31. The lowest BCUT2D eigenvalue weighted by atomic mass is 9.52. The molecule has 3 atom stereocenters. The molecule has 6 heteroatoms. The first-order chi connectivity index (χ1) is 9.63. The fraction of sp³-hybridized carbons (Fsp3) is 0.786. The lowest BCUT2D eigenvalue weighted by Gasteiger charge is -2.62. The molecule has 4 saturated carbocycles. The van der Waals surface area contributed by atoms with Crippen molar-refractivity contribution in [2.75, 3.05) is 6.26 Å². The molecule has 1 aromatic heterocycles.